The molecule has 1 N–H and O–H groups in total. The molecule has 1 aliphatic heterocycles. The molecule has 4 unspecified atom stereocenters. The van der Waals surface area contributed by atoms with Crippen LogP contribution >= 0.6 is 11.8 Å². The molecule has 1 heterocycles. The van der Waals surface area contributed by atoms with Crippen LogP contribution in [0.1, 0.15) is 106 Å². The number of thioether (sulfide) groups is 1. The van der Waals surface area contributed by atoms with Crippen molar-refractivity contribution in [3.63, 3.8) is 0 Å². The number of carbonyl (C=O) groups is 4. The molecule has 1 saturated heterocycles. The number of likely N-dealkylation sites (N-methyl/N-ethyl adjacent to an activating group) is 1. The van der Waals surface area contributed by atoms with E-state index in [9.17, 15) is 19.2 Å². The summed E-state index contributed by atoms with van der Waals surface area (Å²) >= 11 is 1.61. The highest BCUT2D eigenvalue weighted by molar-refractivity contribution is 8.00. The maximum absolute atomic E-state index is 12.8. The first-order valence-electron chi connectivity index (χ1n) is 14.9. The number of rotatable bonds is 19. The number of amides is 4. The van der Waals surface area contributed by atoms with Crippen LogP contribution in [0.15, 0.2) is 0 Å². The average Bonchev–Trinajstić information content (AvgIpc) is 3.15. The Kier molecular flexibility index (Phi) is 16.3. The van der Waals surface area contributed by atoms with Crippen molar-refractivity contribution < 1.29 is 23.9 Å². The van der Waals surface area contributed by atoms with Gasteiger partial charge in [0.25, 0.3) is 0 Å². The van der Waals surface area contributed by atoms with E-state index in [0.717, 1.165) is 37.9 Å². The fraction of sp³-hybridized carbons (Fsp3) is 0.867. The van der Waals surface area contributed by atoms with E-state index < -0.39 is 0 Å². The van der Waals surface area contributed by atoms with Gasteiger partial charge in [-0.2, -0.15) is 0 Å². The molecule has 0 aromatic carbocycles. The van der Waals surface area contributed by atoms with Crippen LogP contribution in [0.5, 0.6) is 0 Å². The Morgan fingerprint density at radius 1 is 1.10 bits per heavy atom. The smallest absolute Gasteiger partial charge is 0.242 e. The summed E-state index contributed by atoms with van der Waals surface area (Å²) in [6.07, 6.45) is 6.99. The fourth-order valence-electron chi connectivity index (χ4n) is 5.10. The summed E-state index contributed by atoms with van der Waals surface area (Å²) < 4.78 is 5.64. The summed E-state index contributed by atoms with van der Waals surface area (Å²) in [5, 5.41) is 2.61. The van der Waals surface area contributed by atoms with Crippen molar-refractivity contribution in [1.82, 2.24) is 15.1 Å². The van der Waals surface area contributed by atoms with E-state index in [0.29, 0.717) is 44.7 Å². The average molecular weight is 570 g/mol. The van der Waals surface area contributed by atoms with Gasteiger partial charge in [0, 0.05) is 46.5 Å². The largest absolute Gasteiger partial charge is 0.379 e. The highest BCUT2D eigenvalue weighted by atomic mass is 32.2. The second-order valence-corrected chi connectivity index (χ2v) is 13.4. The van der Waals surface area contributed by atoms with Gasteiger partial charge in [0.1, 0.15) is 0 Å². The van der Waals surface area contributed by atoms with Crippen molar-refractivity contribution in [2.24, 2.45) is 11.3 Å². The molecule has 1 fully saturated rings. The Labute approximate surface area is 241 Å². The van der Waals surface area contributed by atoms with Gasteiger partial charge in [0.15, 0.2) is 0 Å². The maximum Gasteiger partial charge on any atom is 0.242 e. The first-order chi connectivity index (χ1) is 18.4. The van der Waals surface area contributed by atoms with Crippen LogP contribution in [-0.2, 0) is 23.9 Å². The summed E-state index contributed by atoms with van der Waals surface area (Å²) in [5.74, 6) is 1.00. The number of methoxy groups -OCH3 is 1. The maximum atomic E-state index is 12.8. The van der Waals surface area contributed by atoms with Crippen LogP contribution in [0.4, 0.5) is 0 Å². The topological polar surface area (TPSA) is 96.0 Å². The fourth-order valence-corrected chi connectivity index (χ4v) is 6.23. The quantitative estimate of drug-likeness (QED) is 0.173. The van der Waals surface area contributed by atoms with Gasteiger partial charge in [0.2, 0.25) is 23.6 Å². The van der Waals surface area contributed by atoms with Gasteiger partial charge >= 0.3 is 0 Å². The molecular formula is C30H55N3O5S. The Bertz CT molecular complexity index is 781. The Morgan fingerprint density at radius 2 is 1.79 bits per heavy atom. The van der Waals surface area contributed by atoms with Crippen molar-refractivity contribution in [3.05, 3.63) is 0 Å². The van der Waals surface area contributed by atoms with E-state index in [2.05, 4.69) is 46.9 Å². The van der Waals surface area contributed by atoms with E-state index >= 15 is 0 Å². The lowest BCUT2D eigenvalue weighted by Crippen LogP contribution is -2.49. The Morgan fingerprint density at radius 3 is 2.38 bits per heavy atom. The molecule has 39 heavy (non-hydrogen) atoms. The molecule has 8 nitrogen and oxygen atoms in total. The second-order valence-electron chi connectivity index (χ2n) is 12.1. The number of hydrogen-bond donors (Lipinski definition) is 1. The molecular weight excluding hydrogens is 514 g/mol. The van der Waals surface area contributed by atoms with Crippen molar-refractivity contribution in [3.8, 4) is 0 Å². The van der Waals surface area contributed by atoms with Crippen LogP contribution in [0.3, 0.4) is 0 Å². The van der Waals surface area contributed by atoms with Crippen molar-refractivity contribution in [2.45, 2.75) is 123 Å². The third-order valence-corrected chi connectivity index (χ3v) is 8.99. The summed E-state index contributed by atoms with van der Waals surface area (Å²) in [5.41, 5.74) is 0.284. The monoisotopic (exact) mass is 569 g/mol. The standard InChI is InChI=1S/C30H55N3O5S/c1-9-22(3)28(23(10-2)38-8)32(7)26(35)16-18-31-25(34)15-12-11-13-19-33-27(36)21-24(29(33)37)39-20-14-17-30(4,5)6/h22-24,28H,9-21H2,1-8H3,(H,31,34). The molecule has 0 aliphatic carbocycles. The summed E-state index contributed by atoms with van der Waals surface area (Å²) in [7, 11) is 3.52. The number of carbonyl (C=O) groups excluding carboxylic acids is 4. The Balaban J connectivity index is 2.28. The minimum Gasteiger partial charge on any atom is -0.379 e. The van der Waals surface area contributed by atoms with Gasteiger partial charge in [-0.3, -0.25) is 24.1 Å². The van der Waals surface area contributed by atoms with Gasteiger partial charge < -0.3 is 15.0 Å². The summed E-state index contributed by atoms with van der Waals surface area (Å²) in [6, 6.07) is 0.00455. The van der Waals surface area contributed by atoms with Crippen molar-refractivity contribution in [1.29, 1.82) is 0 Å². The minimum absolute atomic E-state index is 0.00159. The molecule has 0 bridgehead atoms. The van der Waals surface area contributed by atoms with Gasteiger partial charge in [0.05, 0.1) is 17.4 Å². The van der Waals surface area contributed by atoms with Gasteiger partial charge in [-0.1, -0.05) is 54.4 Å². The van der Waals surface area contributed by atoms with Gasteiger partial charge in [-0.25, -0.2) is 0 Å². The molecule has 0 spiro atoms. The van der Waals surface area contributed by atoms with Crippen LogP contribution in [-0.4, -0.2) is 83.8 Å². The molecule has 226 valence electrons. The molecule has 0 radical (unpaired) electrons. The van der Waals surface area contributed by atoms with Gasteiger partial charge in [-0.05, 0) is 49.2 Å². The molecule has 1 rings (SSSR count). The van der Waals surface area contributed by atoms with Crippen molar-refractivity contribution in [2.75, 3.05) is 33.0 Å². The van der Waals surface area contributed by atoms with Crippen LogP contribution < -0.4 is 5.32 Å². The molecule has 4 atom stereocenters. The Hall–Kier alpha value is -1.61. The highest BCUT2D eigenvalue weighted by Gasteiger charge is 2.38. The number of unbranched alkanes of at least 4 members (excludes halogenated alkanes) is 2. The minimum atomic E-state index is -0.243. The molecule has 9 heteroatoms. The van der Waals surface area contributed by atoms with Crippen molar-refractivity contribution >= 4 is 35.4 Å². The normalized spacial score (nSPS) is 18.3. The van der Waals surface area contributed by atoms with Crippen LogP contribution in [0.2, 0.25) is 0 Å². The van der Waals surface area contributed by atoms with E-state index in [-0.39, 0.29) is 52.9 Å². The number of nitrogens with zero attached hydrogens (tertiary/aromatic N) is 2. The first-order valence-corrected chi connectivity index (χ1v) is 15.9. The third-order valence-electron chi connectivity index (χ3n) is 7.69. The second kappa shape index (κ2) is 17.9. The van der Waals surface area contributed by atoms with E-state index in [4.69, 9.17) is 4.74 Å². The summed E-state index contributed by atoms with van der Waals surface area (Å²) in [6.45, 7) is 13.7. The van der Waals surface area contributed by atoms with E-state index in [1.165, 1.54) is 4.90 Å². The molecule has 1 aliphatic rings. The lowest BCUT2D eigenvalue weighted by Gasteiger charge is -2.37. The number of likely N-dealkylation sites (tertiary alicyclic amines) is 1. The molecule has 0 aromatic rings. The van der Waals surface area contributed by atoms with Gasteiger partial charge in [-0.15, -0.1) is 11.8 Å². The number of hydrogen-bond acceptors (Lipinski definition) is 6. The number of imide groups is 1. The van der Waals surface area contributed by atoms with E-state index in [1.807, 2.05) is 7.05 Å². The zero-order valence-electron chi connectivity index (χ0n) is 25.8. The molecule has 0 aromatic heterocycles. The molecule has 4 amide bonds. The number of ether oxygens (including phenoxy) is 1. The third kappa shape index (κ3) is 12.6. The van der Waals surface area contributed by atoms with Crippen LogP contribution in [0.25, 0.3) is 0 Å². The molecule has 0 saturated carbocycles. The first kappa shape index (κ1) is 35.4. The zero-order valence-corrected chi connectivity index (χ0v) is 26.7. The highest BCUT2D eigenvalue weighted by Crippen LogP contribution is 2.28. The predicted molar refractivity (Wildman–Crippen MR) is 159 cm³/mol. The summed E-state index contributed by atoms with van der Waals surface area (Å²) in [4.78, 5) is 53.2. The predicted octanol–water partition coefficient (Wildman–Crippen LogP) is 5.04. The zero-order chi connectivity index (χ0) is 29.6. The SMILES string of the molecule is CCC(C)C(C(CC)OC)N(C)C(=O)CCNC(=O)CCCCCN1C(=O)CC(SCCCC(C)(C)C)C1=O. The lowest BCUT2D eigenvalue weighted by molar-refractivity contribution is -0.139. The van der Waals surface area contributed by atoms with Crippen LogP contribution in [0, 0.1) is 11.3 Å². The van der Waals surface area contributed by atoms with E-state index in [1.54, 1.807) is 23.8 Å². The number of nitrogens with one attached hydrogen (secondary N) is 1. The lowest BCUT2D eigenvalue weighted by atomic mass is 9.91.